The summed E-state index contributed by atoms with van der Waals surface area (Å²) in [6.45, 7) is 8.53. The van der Waals surface area contributed by atoms with Crippen LogP contribution in [0, 0.1) is 0 Å². The standard InChI is InChI=1S/C46H87NO7/c1-4-7-10-13-16-25-32-41-53-45(51)35-28-21-17-23-30-39-47(43(48)37-38-44(49)50)40-31-24-18-22-29-36-46(52)54-42(33-26-19-14-11-8-5-2)34-27-20-15-12-9-6-3/h42H,4-41H2,1-3H3,(H,49,50). The summed E-state index contributed by atoms with van der Waals surface area (Å²) in [4.78, 5) is 50.5. The summed E-state index contributed by atoms with van der Waals surface area (Å²) in [5.41, 5.74) is 0. The van der Waals surface area contributed by atoms with Crippen molar-refractivity contribution in [2.75, 3.05) is 19.7 Å². The predicted octanol–water partition coefficient (Wildman–Crippen LogP) is 13.1. The van der Waals surface area contributed by atoms with Gasteiger partial charge in [-0.25, -0.2) is 0 Å². The Morgan fingerprint density at radius 1 is 0.444 bits per heavy atom. The maximum atomic E-state index is 12.8. The SMILES string of the molecule is CCCCCCCCCOC(=O)CCCCCCCN(CCCCCCCC(=O)OC(CCCCCCCC)CCCCCCCC)C(=O)CCC(=O)O. The van der Waals surface area contributed by atoms with Crippen LogP contribution in [-0.4, -0.2) is 59.6 Å². The van der Waals surface area contributed by atoms with E-state index in [-0.39, 0.29) is 36.8 Å². The third-order valence-corrected chi connectivity index (χ3v) is 10.6. The first-order valence-corrected chi connectivity index (χ1v) is 23.2. The minimum absolute atomic E-state index is 0.0388. The molecule has 0 heterocycles. The molecule has 54 heavy (non-hydrogen) atoms. The molecular weight excluding hydrogens is 679 g/mol. The number of carbonyl (C=O) groups is 4. The van der Waals surface area contributed by atoms with Crippen LogP contribution in [0.5, 0.6) is 0 Å². The molecule has 0 aliphatic carbocycles. The summed E-state index contributed by atoms with van der Waals surface area (Å²) in [6, 6.07) is 0. The van der Waals surface area contributed by atoms with Crippen LogP contribution in [0.1, 0.15) is 245 Å². The number of carbonyl (C=O) groups excluding carboxylic acids is 3. The second kappa shape index (κ2) is 40.5. The van der Waals surface area contributed by atoms with Gasteiger partial charge in [0.15, 0.2) is 0 Å². The summed E-state index contributed by atoms with van der Waals surface area (Å²) >= 11 is 0. The van der Waals surface area contributed by atoms with Crippen molar-refractivity contribution in [3.63, 3.8) is 0 Å². The largest absolute Gasteiger partial charge is 0.481 e. The molecule has 0 saturated carbocycles. The summed E-state index contributed by atoms with van der Waals surface area (Å²) in [6.07, 6.45) is 35.7. The highest BCUT2D eigenvalue weighted by molar-refractivity contribution is 5.80. The average Bonchev–Trinajstić information content (AvgIpc) is 3.15. The number of esters is 2. The number of amides is 1. The Bertz CT molecular complexity index is 863. The highest BCUT2D eigenvalue weighted by Crippen LogP contribution is 2.19. The molecule has 0 unspecified atom stereocenters. The minimum Gasteiger partial charge on any atom is -0.481 e. The number of unbranched alkanes of at least 4 members (excludes halogenated alkanes) is 24. The first-order valence-electron chi connectivity index (χ1n) is 23.2. The van der Waals surface area contributed by atoms with E-state index in [0.29, 0.717) is 32.5 Å². The van der Waals surface area contributed by atoms with E-state index >= 15 is 0 Å². The second-order valence-electron chi connectivity index (χ2n) is 15.9. The van der Waals surface area contributed by atoms with Crippen LogP contribution in [0.3, 0.4) is 0 Å². The van der Waals surface area contributed by atoms with Gasteiger partial charge in [-0.3, -0.25) is 19.2 Å². The molecule has 0 radical (unpaired) electrons. The maximum absolute atomic E-state index is 12.8. The summed E-state index contributed by atoms with van der Waals surface area (Å²) in [5, 5.41) is 9.08. The molecule has 0 aliphatic rings. The van der Waals surface area contributed by atoms with Gasteiger partial charge in [0.2, 0.25) is 5.91 Å². The molecule has 0 aromatic heterocycles. The molecule has 0 bridgehead atoms. The maximum Gasteiger partial charge on any atom is 0.306 e. The Labute approximate surface area is 333 Å². The predicted molar refractivity (Wildman–Crippen MR) is 224 cm³/mol. The van der Waals surface area contributed by atoms with Crippen molar-refractivity contribution in [2.45, 2.75) is 252 Å². The minimum atomic E-state index is -0.945. The quantitative estimate of drug-likeness (QED) is 0.0486. The highest BCUT2D eigenvalue weighted by Gasteiger charge is 2.16. The zero-order chi connectivity index (χ0) is 39.7. The van der Waals surface area contributed by atoms with E-state index in [1.54, 1.807) is 0 Å². The molecule has 1 N–H and O–H groups in total. The molecule has 0 fully saturated rings. The molecule has 0 spiro atoms. The van der Waals surface area contributed by atoms with Crippen molar-refractivity contribution in [3.05, 3.63) is 0 Å². The van der Waals surface area contributed by atoms with Gasteiger partial charge in [-0.15, -0.1) is 0 Å². The van der Waals surface area contributed by atoms with Crippen LogP contribution in [0.15, 0.2) is 0 Å². The molecule has 1 amide bonds. The average molecular weight is 766 g/mol. The first kappa shape index (κ1) is 51.9. The Kier molecular flexibility index (Phi) is 38.9. The molecule has 8 heteroatoms. The lowest BCUT2D eigenvalue weighted by Gasteiger charge is -2.22. The number of hydrogen-bond donors (Lipinski definition) is 1. The van der Waals surface area contributed by atoms with Gasteiger partial charge in [0.25, 0.3) is 0 Å². The fourth-order valence-corrected chi connectivity index (χ4v) is 7.07. The molecule has 0 aromatic rings. The van der Waals surface area contributed by atoms with Gasteiger partial charge < -0.3 is 19.5 Å². The summed E-state index contributed by atoms with van der Waals surface area (Å²) in [7, 11) is 0. The van der Waals surface area contributed by atoms with Gasteiger partial charge in [-0.05, 0) is 57.8 Å². The number of ether oxygens (including phenoxy) is 2. The summed E-state index contributed by atoms with van der Waals surface area (Å²) in [5.74, 6) is -1.17. The fraction of sp³-hybridized carbons (Fsp3) is 0.913. The molecule has 318 valence electrons. The smallest absolute Gasteiger partial charge is 0.306 e. The number of rotatable bonds is 42. The Hall–Kier alpha value is -2.12. The van der Waals surface area contributed by atoms with Crippen molar-refractivity contribution < 1.29 is 33.8 Å². The van der Waals surface area contributed by atoms with Crippen LogP contribution in [0.4, 0.5) is 0 Å². The molecule has 8 nitrogen and oxygen atoms in total. The van der Waals surface area contributed by atoms with Crippen LogP contribution in [-0.2, 0) is 28.7 Å². The topological polar surface area (TPSA) is 110 Å². The van der Waals surface area contributed by atoms with Gasteiger partial charge in [-0.2, -0.15) is 0 Å². The van der Waals surface area contributed by atoms with E-state index in [4.69, 9.17) is 14.6 Å². The Morgan fingerprint density at radius 3 is 1.30 bits per heavy atom. The van der Waals surface area contributed by atoms with E-state index in [9.17, 15) is 19.2 Å². The molecule has 0 atom stereocenters. The summed E-state index contributed by atoms with van der Waals surface area (Å²) < 4.78 is 11.4. The van der Waals surface area contributed by atoms with Crippen LogP contribution >= 0.6 is 0 Å². The van der Waals surface area contributed by atoms with Crippen molar-refractivity contribution in [3.8, 4) is 0 Å². The van der Waals surface area contributed by atoms with Gasteiger partial charge in [0.05, 0.1) is 13.0 Å². The second-order valence-corrected chi connectivity index (χ2v) is 15.9. The van der Waals surface area contributed by atoms with Gasteiger partial charge in [0, 0.05) is 32.4 Å². The van der Waals surface area contributed by atoms with Crippen LogP contribution in [0.25, 0.3) is 0 Å². The van der Waals surface area contributed by atoms with Crippen molar-refractivity contribution in [1.82, 2.24) is 4.90 Å². The van der Waals surface area contributed by atoms with Crippen molar-refractivity contribution >= 4 is 23.8 Å². The van der Waals surface area contributed by atoms with Crippen LogP contribution < -0.4 is 0 Å². The third kappa shape index (κ3) is 36.8. The Balaban J connectivity index is 4.29. The van der Waals surface area contributed by atoms with E-state index in [1.165, 1.54) is 96.3 Å². The van der Waals surface area contributed by atoms with E-state index < -0.39 is 5.97 Å². The third-order valence-electron chi connectivity index (χ3n) is 10.6. The van der Waals surface area contributed by atoms with Crippen molar-refractivity contribution in [2.24, 2.45) is 0 Å². The molecule has 0 aromatic carbocycles. The molecule has 0 saturated heterocycles. The van der Waals surface area contributed by atoms with E-state index in [0.717, 1.165) is 103 Å². The molecular formula is C46H87NO7. The van der Waals surface area contributed by atoms with Gasteiger partial charge in [-0.1, -0.05) is 162 Å². The lowest BCUT2D eigenvalue weighted by molar-refractivity contribution is -0.150. The number of nitrogens with zero attached hydrogens (tertiary/aromatic N) is 1. The lowest BCUT2D eigenvalue weighted by atomic mass is 10.0. The van der Waals surface area contributed by atoms with E-state index in [2.05, 4.69) is 20.8 Å². The van der Waals surface area contributed by atoms with Gasteiger partial charge in [0.1, 0.15) is 6.10 Å². The number of carboxylic acids is 1. The Morgan fingerprint density at radius 2 is 0.833 bits per heavy atom. The number of aliphatic carboxylic acids is 1. The van der Waals surface area contributed by atoms with E-state index in [1.807, 2.05) is 4.90 Å². The normalized spacial score (nSPS) is 11.3. The monoisotopic (exact) mass is 766 g/mol. The zero-order valence-electron chi connectivity index (χ0n) is 35.8. The fourth-order valence-electron chi connectivity index (χ4n) is 7.07. The van der Waals surface area contributed by atoms with Crippen molar-refractivity contribution in [1.29, 1.82) is 0 Å². The first-order chi connectivity index (χ1) is 26.3. The molecule has 0 rings (SSSR count). The highest BCUT2D eigenvalue weighted by atomic mass is 16.5. The number of carboxylic acid groups (broad SMARTS) is 1. The van der Waals surface area contributed by atoms with Crippen LogP contribution in [0.2, 0.25) is 0 Å². The zero-order valence-corrected chi connectivity index (χ0v) is 35.8. The molecule has 0 aliphatic heterocycles. The lowest BCUT2D eigenvalue weighted by Crippen LogP contribution is -2.33. The number of hydrogen-bond acceptors (Lipinski definition) is 6. The van der Waals surface area contributed by atoms with Gasteiger partial charge >= 0.3 is 17.9 Å².